The number of thioether (sulfide) groups is 1. The molecule has 4 N–H and O–H groups in total. The average Bonchev–Trinajstić information content (AvgIpc) is 3.11. The van der Waals surface area contributed by atoms with Gasteiger partial charge in [0, 0.05) is 0 Å². The third-order valence-electron chi connectivity index (χ3n) is 3.69. The predicted octanol–water partition coefficient (Wildman–Crippen LogP) is 2.99. The van der Waals surface area contributed by atoms with Gasteiger partial charge in [-0.05, 0) is 23.3 Å². The lowest BCUT2D eigenvalue weighted by Gasteiger charge is -2.20. The Morgan fingerprint density at radius 1 is 1.14 bits per heavy atom. The van der Waals surface area contributed by atoms with Gasteiger partial charge in [-0.1, -0.05) is 54.2 Å². The molecule has 146 valence electrons. The van der Waals surface area contributed by atoms with Gasteiger partial charge in [-0.15, -0.1) is 5.10 Å². The summed E-state index contributed by atoms with van der Waals surface area (Å²) in [6.07, 6.45) is 0. The van der Waals surface area contributed by atoms with Crippen LogP contribution >= 0.6 is 11.8 Å². The SMILES string of the molecule is Nc1nc(SCC(=O)N[C@@H](c2ccccc2)c2ccc(OC(F)F)cc2)n[nH]1. The zero-order valence-electron chi connectivity index (χ0n) is 14.5. The molecule has 3 rings (SSSR count). The quantitative estimate of drug-likeness (QED) is 0.498. The van der Waals surface area contributed by atoms with E-state index in [4.69, 9.17) is 5.73 Å². The number of halogens is 2. The van der Waals surface area contributed by atoms with Crippen LogP contribution in [0, 0.1) is 0 Å². The van der Waals surface area contributed by atoms with Crippen LogP contribution in [0.1, 0.15) is 17.2 Å². The summed E-state index contributed by atoms with van der Waals surface area (Å²) in [6.45, 7) is -2.89. The highest BCUT2D eigenvalue weighted by molar-refractivity contribution is 7.99. The van der Waals surface area contributed by atoms with E-state index in [9.17, 15) is 13.6 Å². The van der Waals surface area contributed by atoms with E-state index < -0.39 is 12.7 Å². The van der Waals surface area contributed by atoms with Crippen molar-refractivity contribution in [2.24, 2.45) is 0 Å². The Bertz CT molecular complexity index is 906. The molecule has 0 aliphatic heterocycles. The number of alkyl halides is 2. The number of ether oxygens (including phenoxy) is 1. The number of hydrogen-bond donors (Lipinski definition) is 3. The normalized spacial score (nSPS) is 12.0. The van der Waals surface area contributed by atoms with Crippen molar-refractivity contribution >= 4 is 23.6 Å². The fourth-order valence-corrected chi connectivity index (χ4v) is 3.12. The van der Waals surface area contributed by atoms with Crippen molar-refractivity contribution in [1.29, 1.82) is 0 Å². The minimum Gasteiger partial charge on any atom is -0.435 e. The van der Waals surface area contributed by atoms with Crippen molar-refractivity contribution in [2.45, 2.75) is 17.8 Å². The molecule has 1 heterocycles. The number of H-pyrrole nitrogens is 1. The Labute approximate surface area is 163 Å². The number of amides is 1. The van der Waals surface area contributed by atoms with Crippen molar-refractivity contribution in [3.63, 3.8) is 0 Å². The summed E-state index contributed by atoms with van der Waals surface area (Å²) in [5.74, 6) is 0.0775. The first-order valence-electron chi connectivity index (χ1n) is 8.21. The average molecular weight is 405 g/mol. The zero-order valence-corrected chi connectivity index (χ0v) is 15.3. The number of nitrogens with zero attached hydrogens (tertiary/aromatic N) is 2. The molecule has 0 aliphatic rings. The van der Waals surface area contributed by atoms with Crippen molar-refractivity contribution < 1.29 is 18.3 Å². The summed E-state index contributed by atoms with van der Waals surface area (Å²) in [5.41, 5.74) is 7.04. The van der Waals surface area contributed by atoms with Crippen molar-refractivity contribution in [1.82, 2.24) is 20.5 Å². The Hall–Kier alpha value is -3.14. The second-order valence-electron chi connectivity index (χ2n) is 5.65. The third-order valence-corrected chi connectivity index (χ3v) is 4.54. The van der Waals surface area contributed by atoms with Gasteiger partial charge < -0.3 is 15.8 Å². The maximum atomic E-state index is 12.4. The molecule has 0 spiro atoms. The van der Waals surface area contributed by atoms with Crippen LogP contribution in [0.25, 0.3) is 0 Å². The molecule has 0 bridgehead atoms. The number of hydrogen-bond acceptors (Lipinski definition) is 6. The van der Waals surface area contributed by atoms with E-state index in [1.54, 1.807) is 12.1 Å². The van der Waals surface area contributed by atoms with Gasteiger partial charge in [0.2, 0.25) is 17.0 Å². The molecule has 10 heteroatoms. The van der Waals surface area contributed by atoms with E-state index in [1.807, 2.05) is 30.3 Å². The standard InChI is InChI=1S/C18H17F2N5O2S/c19-16(20)27-13-8-6-12(7-9-13)15(11-4-2-1-3-5-11)22-14(26)10-28-18-23-17(21)24-25-18/h1-9,15-16H,10H2,(H,22,26)(H3,21,23,24,25)/t15-/m0/s1. The molecule has 0 saturated carbocycles. The van der Waals surface area contributed by atoms with Crippen molar-refractivity contribution in [3.8, 4) is 5.75 Å². The van der Waals surface area contributed by atoms with E-state index in [0.29, 0.717) is 5.16 Å². The lowest BCUT2D eigenvalue weighted by molar-refractivity contribution is -0.119. The summed E-state index contributed by atoms with van der Waals surface area (Å²) in [4.78, 5) is 16.4. The van der Waals surface area contributed by atoms with Gasteiger partial charge in [0.05, 0.1) is 11.8 Å². The van der Waals surface area contributed by atoms with Crippen LogP contribution < -0.4 is 15.8 Å². The Kier molecular flexibility index (Phi) is 6.43. The second kappa shape index (κ2) is 9.18. The molecule has 0 radical (unpaired) electrons. The maximum absolute atomic E-state index is 12.4. The number of nitrogens with one attached hydrogen (secondary N) is 2. The molecule has 0 saturated heterocycles. The second-order valence-corrected chi connectivity index (χ2v) is 6.59. The third kappa shape index (κ3) is 5.43. The Balaban J connectivity index is 1.73. The molecule has 2 aromatic carbocycles. The molecule has 0 unspecified atom stereocenters. The van der Waals surface area contributed by atoms with Crippen LogP contribution in [-0.4, -0.2) is 33.5 Å². The Morgan fingerprint density at radius 2 is 1.82 bits per heavy atom. The number of aromatic nitrogens is 3. The van der Waals surface area contributed by atoms with Crippen LogP contribution in [0.4, 0.5) is 14.7 Å². The summed E-state index contributed by atoms with van der Waals surface area (Å²) >= 11 is 1.14. The molecular formula is C18H17F2N5O2S. The first-order valence-corrected chi connectivity index (χ1v) is 9.19. The van der Waals surface area contributed by atoms with Gasteiger partial charge in [-0.3, -0.25) is 4.79 Å². The molecule has 7 nitrogen and oxygen atoms in total. The van der Waals surface area contributed by atoms with Crippen molar-refractivity contribution in [3.05, 3.63) is 65.7 Å². The lowest BCUT2D eigenvalue weighted by Crippen LogP contribution is -2.30. The van der Waals surface area contributed by atoms with E-state index in [1.165, 1.54) is 12.1 Å². The Morgan fingerprint density at radius 3 is 2.43 bits per heavy atom. The topological polar surface area (TPSA) is 106 Å². The monoisotopic (exact) mass is 405 g/mol. The van der Waals surface area contributed by atoms with E-state index in [0.717, 1.165) is 22.9 Å². The first-order chi connectivity index (χ1) is 13.5. The molecule has 0 aliphatic carbocycles. The fourth-order valence-electron chi connectivity index (χ4n) is 2.50. The number of nitrogen functional groups attached to an aromatic ring is 1. The fraction of sp³-hybridized carbons (Fsp3) is 0.167. The highest BCUT2D eigenvalue weighted by Gasteiger charge is 2.18. The predicted molar refractivity (Wildman–Crippen MR) is 101 cm³/mol. The maximum Gasteiger partial charge on any atom is 0.387 e. The summed E-state index contributed by atoms with van der Waals surface area (Å²) in [6, 6.07) is 15.0. The zero-order chi connectivity index (χ0) is 19.9. The van der Waals surface area contributed by atoms with Crippen LogP contribution in [0.3, 0.4) is 0 Å². The van der Waals surface area contributed by atoms with Gasteiger partial charge in [-0.2, -0.15) is 13.8 Å². The van der Waals surface area contributed by atoms with Crippen LogP contribution in [0.2, 0.25) is 0 Å². The molecule has 28 heavy (non-hydrogen) atoms. The van der Waals surface area contributed by atoms with E-state index in [2.05, 4.69) is 25.2 Å². The van der Waals surface area contributed by atoms with Gasteiger partial charge >= 0.3 is 6.61 Å². The summed E-state index contributed by atoms with van der Waals surface area (Å²) in [5, 5.41) is 9.68. The van der Waals surface area contributed by atoms with Gasteiger partial charge in [-0.25, -0.2) is 5.10 Å². The minimum absolute atomic E-state index is 0.0506. The number of anilines is 1. The number of rotatable bonds is 8. The number of aromatic amines is 1. The highest BCUT2D eigenvalue weighted by Crippen LogP contribution is 2.25. The number of carbonyl (C=O) groups excluding carboxylic acids is 1. The van der Waals surface area contributed by atoms with E-state index >= 15 is 0 Å². The van der Waals surface area contributed by atoms with E-state index in [-0.39, 0.29) is 23.4 Å². The van der Waals surface area contributed by atoms with Crippen LogP contribution in [-0.2, 0) is 4.79 Å². The molecular weight excluding hydrogens is 388 g/mol. The van der Waals surface area contributed by atoms with Crippen molar-refractivity contribution in [2.75, 3.05) is 11.5 Å². The molecule has 3 aromatic rings. The van der Waals surface area contributed by atoms with Gasteiger partial charge in [0.25, 0.3) is 0 Å². The number of nitrogens with two attached hydrogens (primary N) is 1. The smallest absolute Gasteiger partial charge is 0.387 e. The number of carbonyl (C=O) groups is 1. The highest BCUT2D eigenvalue weighted by atomic mass is 32.2. The largest absolute Gasteiger partial charge is 0.435 e. The summed E-state index contributed by atoms with van der Waals surface area (Å²) in [7, 11) is 0. The first kappa shape index (κ1) is 19.6. The lowest BCUT2D eigenvalue weighted by atomic mass is 9.98. The minimum atomic E-state index is -2.89. The van der Waals surface area contributed by atoms with Gasteiger partial charge in [0.1, 0.15) is 5.75 Å². The molecule has 1 aromatic heterocycles. The van der Waals surface area contributed by atoms with Gasteiger partial charge in [0.15, 0.2) is 0 Å². The summed E-state index contributed by atoms with van der Waals surface area (Å²) < 4.78 is 29.1. The molecule has 1 atom stereocenters. The number of benzene rings is 2. The molecule has 0 fully saturated rings. The van der Waals surface area contributed by atoms with Crippen LogP contribution in [0.5, 0.6) is 5.75 Å². The molecule has 1 amide bonds. The van der Waals surface area contributed by atoms with Crippen LogP contribution in [0.15, 0.2) is 59.8 Å².